The highest BCUT2D eigenvalue weighted by atomic mass is 16.5. The van der Waals surface area contributed by atoms with Crippen LogP contribution >= 0.6 is 0 Å². The van der Waals surface area contributed by atoms with Crippen molar-refractivity contribution in [3.05, 3.63) is 29.3 Å². The minimum absolute atomic E-state index is 0.456. The Hall–Kier alpha value is -1.64. The minimum Gasteiger partial charge on any atom is -0.475 e. The first-order chi connectivity index (χ1) is 9.09. The molecule has 0 atom stereocenters. The number of para-hydroxylation sites is 1. The molecular weight excluding hydrogens is 236 g/mol. The summed E-state index contributed by atoms with van der Waals surface area (Å²) in [5.74, 6) is 1.56. The first kappa shape index (κ1) is 13.8. The molecule has 0 aromatic heterocycles. The van der Waals surface area contributed by atoms with E-state index in [0.29, 0.717) is 24.3 Å². The number of hydrogen-bond acceptors (Lipinski definition) is 3. The molecule has 0 aliphatic carbocycles. The van der Waals surface area contributed by atoms with Gasteiger partial charge < -0.3 is 4.74 Å². The van der Waals surface area contributed by atoms with E-state index in [1.807, 2.05) is 0 Å². The first-order valence-corrected chi connectivity index (χ1v) is 6.93. The van der Waals surface area contributed by atoms with Gasteiger partial charge in [-0.3, -0.25) is 4.99 Å². The Morgan fingerprint density at radius 2 is 1.79 bits per heavy atom. The van der Waals surface area contributed by atoms with Crippen molar-refractivity contribution < 1.29 is 4.74 Å². The van der Waals surface area contributed by atoms with Gasteiger partial charge in [0.1, 0.15) is 6.61 Å². The number of ether oxygens (including phenoxy) is 1. The number of aliphatic imine (C=N–C) groups is 2. The molecule has 3 heteroatoms. The molecule has 0 N–H and O–H groups in total. The maximum atomic E-state index is 5.38. The average Bonchev–Trinajstić information content (AvgIpc) is 2.88. The molecule has 0 saturated carbocycles. The SMILES string of the molecule is CC(C)c1cccc(C(C)C)c1/N=C/C1=NCCO1. The quantitative estimate of drug-likeness (QED) is 0.750. The van der Waals surface area contributed by atoms with Crippen LogP contribution in [0.25, 0.3) is 0 Å². The topological polar surface area (TPSA) is 34.0 Å². The maximum Gasteiger partial charge on any atom is 0.227 e. The Morgan fingerprint density at radius 3 is 2.26 bits per heavy atom. The highest BCUT2D eigenvalue weighted by Gasteiger charge is 2.13. The smallest absolute Gasteiger partial charge is 0.227 e. The highest BCUT2D eigenvalue weighted by molar-refractivity contribution is 6.27. The molecule has 0 bridgehead atoms. The summed E-state index contributed by atoms with van der Waals surface area (Å²) >= 11 is 0. The Balaban J connectivity index is 2.40. The van der Waals surface area contributed by atoms with Crippen LogP contribution in [0.3, 0.4) is 0 Å². The Labute approximate surface area is 115 Å². The molecule has 0 saturated heterocycles. The third kappa shape index (κ3) is 3.22. The van der Waals surface area contributed by atoms with Gasteiger partial charge in [0.05, 0.1) is 18.4 Å². The molecule has 3 nitrogen and oxygen atoms in total. The zero-order valence-electron chi connectivity index (χ0n) is 12.2. The van der Waals surface area contributed by atoms with E-state index in [9.17, 15) is 0 Å². The van der Waals surface area contributed by atoms with Crippen LogP contribution in [0.15, 0.2) is 28.2 Å². The fraction of sp³-hybridized carbons (Fsp3) is 0.500. The molecule has 1 heterocycles. The zero-order valence-corrected chi connectivity index (χ0v) is 12.2. The van der Waals surface area contributed by atoms with Crippen molar-refractivity contribution in [3.63, 3.8) is 0 Å². The van der Waals surface area contributed by atoms with E-state index in [1.165, 1.54) is 11.1 Å². The van der Waals surface area contributed by atoms with Crippen LogP contribution in [0.1, 0.15) is 50.7 Å². The molecule has 1 aliphatic heterocycles. The molecule has 102 valence electrons. The van der Waals surface area contributed by atoms with Crippen LogP contribution < -0.4 is 0 Å². The second kappa shape index (κ2) is 6.00. The average molecular weight is 258 g/mol. The lowest BCUT2D eigenvalue weighted by Crippen LogP contribution is -2.01. The number of rotatable bonds is 4. The summed E-state index contributed by atoms with van der Waals surface area (Å²) in [5, 5.41) is 0. The normalized spacial score (nSPS) is 15.4. The van der Waals surface area contributed by atoms with Gasteiger partial charge in [0.15, 0.2) is 0 Å². The summed E-state index contributed by atoms with van der Waals surface area (Å²) in [5.41, 5.74) is 3.63. The van der Waals surface area contributed by atoms with E-state index in [2.05, 4.69) is 55.9 Å². The molecule has 1 aromatic rings. The van der Waals surface area contributed by atoms with E-state index in [1.54, 1.807) is 6.21 Å². The van der Waals surface area contributed by atoms with Gasteiger partial charge in [-0.1, -0.05) is 45.9 Å². The van der Waals surface area contributed by atoms with Crippen LogP contribution in [-0.4, -0.2) is 25.3 Å². The number of hydrogen-bond donors (Lipinski definition) is 0. The van der Waals surface area contributed by atoms with Gasteiger partial charge in [0.2, 0.25) is 5.90 Å². The highest BCUT2D eigenvalue weighted by Crippen LogP contribution is 2.34. The van der Waals surface area contributed by atoms with Gasteiger partial charge in [-0.05, 0) is 23.0 Å². The van der Waals surface area contributed by atoms with E-state index in [4.69, 9.17) is 4.74 Å². The Kier molecular flexibility index (Phi) is 4.35. The van der Waals surface area contributed by atoms with Gasteiger partial charge in [-0.2, -0.15) is 0 Å². The molecule has 1 aromatic carbocycles. The second-order valence-corrected chi connectivity index (χ2v) is 5.42. The van der Waals surface area contributed by atoms with Crippen LogP contribution in [0.5, 0.6) is 0 Å². The Morgan fingerprint density at radius 1 is 1.16 bits per heavy atom. The predicted molar refractivity (Wildman–Crippen MR) is 81.0 cm³/mol. The van der Waals surface area contributed by atoms with E-state index in [-0.39, 0.29) is 0 Å². The van der Waals surface area contributed by atoms with Crippen molar-refractivity contribution in [1.29, 1.82) is 0 Å². The predicted octanol–water partition coefficient (Wildman–Crippen LogP) is 4.06. The Bertz CT molecular complexity index is 475. The van der Waals surface area contributed by atoms with Gasteiger partial charge in [0.25, 0.3) is 0 Å². The van der Waals surface area contributed by atoms with Gasteiger partial charge in [-0.25, -0.2) is 4.99 Å². The molecule has 0 amide bonds. The van der Waals surface area contributed by atoms with Crippen LogP contribution in [0.4, 0.5) is 5.69 Å². The van der Waals surface area contributed by atoms with Crippen LogP contribution in [-0.2, 0) is 4.74 Å². The number of nitrogens with zero attached hydrogens (tertiary/aromatic N) is 2. The van der Waals surface area contributed by atoms with Crippen molar-refractivity contribution in [2.24, 2.45) is 9.98 Å². The van der Waals surface area contributed by atoms with Crippen LogP contribution in [0.2, 0.25) is 0 Å². The maximum absolute atomic E-state index is 5.38. The van der Waals surface area contributed by atoms with Crippen molar-refractivity contribution in [1.82, 2.24) is 0 Å². The zero-order chi connectivity index (χ0) is 13.8. The third-order valence-corrected chi connectivity index (χ3v) is 3.26. The van der Waals surface area contributed by atoms with Gasteiger partial charge in [-0.15, -0.1) is 0 Å². The molecular formula is C16H22N2O. The molecule has 1 aliphatic rings. The lowest BCUT2D eigenvalue weighted by Gasteiger charge is -2.16. The first-order valence-electron chi connectivity index (χ1n) is 6.93. The number of benzene rings is 1. The standard InChI is InChI=1S/C16H22N2O/c1-11(2)13-6-5-7-14(12(3)4)16(13)18-10-15-17-8-9-19-15/h5-7,10-12H,8-9H2,1-4H3/b18-10+. The summed E-state index contributed by atoms with van der Waals surface area (Å²) in [6.07, 6.45) is 1.75. The van der Waals surface area contributed by atoms with E-state index >= 15 is 0 Å². The van der Waals surface area contributed by atoms with Crippen molar-refractivity contribution in [2.45, 2.75) is 39.5 Å². The summed E-state index contributed by atoms with van der Waals surface area (Å²) in [7, 11) is 0. The summed E-state index contributed by atoms with van der Waals surface area (Å²) in [4.78, 5) is 8.89. The lowest BCUT2D eigenvalue weighted by atomic mass is 9.93. The summed E-state index contributed by atoms with van der Waals surface area (Å²) in [6.45, 7) is 10.2. The fourth-order valence-corrected chi connectivity index (χ4v) is 2.21. The minimum atomic E-state index is 0.456. The molecule has 0 unspecified atom stereocenters. The molecule has 19 heavy (non-hydrogen) atoms. The van der Waals surface area contributed by atoms with Gasteiger partial charge in [0, 0.05) is 0 Å². The monoisotopic (exact) mass is 258 g/mol. The van der Waals surface area contributed by atoms with Crippen molar-refractivity contribution >= 4 is 17.8 Å². The van der Waals surface area contributed by atoms with Crippen LogP contribution in [0, 0.1) is 0 Å². The third-order valence-electron chi connectivity index (χ3n) is 3.26. The summed E-state index contributed by atoms with van der Waals surface area (Å²) in [6, 6.07) is 6.42. The van der Waals surface area contributed by atoms with Crippen molar-refractivity contribution in [2.75, 3.05) is 13.2 Å². The molecule has 2 rings (SSSR count). The van der Waals surface area contributed by atoms with Crippen molar-refractivity contribution in [3.8, 4) is 0 Å². The second-order valence-electron chi connectivity index (χ2n) is 5.42. The lowest BCUT2D eigenvalue weighted by molar-refractivity contribution is 0.353. The molecule has 0 radical (unpaired) electrons. The fourth-order valence-electron chi connectivity index (χ4n) is 2.21. The van der Waals surface area contributed by atoms with E-state index in [0.717, 1.165) is 12.2 Å². The largest absolute Gasteiger partial charge is 0.475 e. The molecule has 0 fully saturated rings. The van der Waals surface area contributed by atoms with E-state index < -0.39 is 0 Å². The molecule has 0 spiro atoms. The summed E-state index contributed by atoms with van der Waals surface area (Å²) < 4.78 is 5.38. The van der Waals surface area contributed by atoms with Gasteiger partial charge >= 0.3 is 0 Å².